The third-order valence-corrected chi connectivity index (χ3v) is 1.83. The fourth-order valence-corrected chi connectivity index (χ4v) is 1.18. The van der Waals surface area contributed by atoms with E-state index < -0.39 is 22.0 Å². The summed E-state index contributed by atoms with van der Waals surface area (Å²) in [5.74, 6) is -0.681. The average molecular weight is 198 g/mol. The average Bonchev–Trinajstić information content (AvgIpc) is 1.79. The molecule has 74 valence electrons. The second-order valence-corrected chi connectivity index (χ2v) is 4.28. The SMILES string of the molecule is CC(C)OCC(O)CS(=O)(=O)O. The lowest BCUT2D eigenvalue weighted by Crippen LogP contribution is -2.26. The summed E-state index contributed by atoms with van der Waals surface area (Å²) in [5, 5.41) is 8.97. The number of aliphatic hydroxyl groups excluding tert-OH is 1. The topological polar surface area (TPSA) is 83.8 Å². The maximum absolute atomic E-state index is 10.2. The highest BCUT2D eigenvalue weighted by atomic mass is 32.2. The van der Waals surface area contributed by atoms with Crippen molar-refractivity contribution >= 4 is 10.1 Å². The van der Waals surface area contributed by atoms with Crippen LogP contribution in [0.15, 0.2) is 0 Å². The Kier molecular flexibility index (Phi) is 4.69. The van der Waals surface area contributed by atoms with Gasteiger partial charge in [-0.05, 0) is 13.8 Å². The van der Waals surface area contributed by atoms with Gasteiger partial charge in [-0.2, -0.15) is 8.42 Å². The highest BCUT2D eigenvalue weighted by molar-refractivity contribution is 7.85. The van der Waals surface area contributed by atoms with Crippen molar-refractivity contribution in [2.45, 2.75) is 26.1 Å². The van der Waals surface area contributed by atoms with Gasteiger partial charge in [0.25, 0.3) is 10.1 Å². The van der Waals surface area contributed by atoms with Gasteiger partial charge in [0.05, 0.1) is 18.8 Å². The van der Waals surface area contributed by atoms with Crippen LogP contribution in [0.5, 0.6) is 0 Å². The highest BCUT2D eigenvalue weighted by Crippen LogP contribution is 1.94. The van der Waals surface area contributed by atoms with Crippen molar-refractivity contribution < 1.29 is 22.8 Å². The molecule has 0 aromatic rings. The van der Waals surface area contributed by atoms with Crippen molar-refractivity contribution in [2.75, 3.05) is 12.4 Å². The van der Waals surface area contributed by atoms with E-state index in [4.69, 9.17) is 14.4 Å². The molecule has 0 saturated carbocycles. The normalized spacial score (nSPS) is 15.1. The molecule has 2 N–H and O–H groups in total. The van der Waals surface area contributed by atoms with Gasteiger partial charge in [-0.15, -0.1) is 0 Å². The molecule has 5 nitrogen and oxygen atoms in total. The van der Waals surface area contributed by atoms with Crippen LogP contribution in [0.2, 0.25) is 0 Å². The zero-order valence-electron chi connectivity index (χ0n) is 7.10. The lowest BCUT2D eigenvalue weighted by molar-refractivity contribution is 0.0141. The van der Waals surface area contributed by atoms with Crippen LogP contribution in [0, 0.1) is 0 Å². The predicted octanol–water partition coefficient (Wildman–Crippen LogP) is -0.340. The molecular weight excluding hydrogens is 184 g/mol. The number of aliphatic hydroxyl groups is 1. The molecule has 0 fully saturated rings. The van der Waals surface area contributed by atoms with Crippen molar-refractivity contribution in [3.8, 4) is 0 Å². The Morgan fingerprint density at radius 2 is 1.92 bits per heavy atom. The summed E-state index contributed by atoms with van der Waals surface area (Å²) in [6, 6.07) is 0. The van der Waals surface area contributed by atoms with E-state index in [0.717, 1.165) is 0 Å². The maximum Gasteiger partial charge on any atom is 0.267 e. The van der Waals surface area contributed by atoms with Crippen molar-refractivity contribution in [1.82, 2.24) is 0 Å². The summed E-state index contributed by atoms with van der Waals surface area (Å²) in [5.41, 5.74) is 0. The van der Waals surface area contributed by atoms with E-state index in [-0.39, 0.29) is 12.7 Å². The number of rotatable bonds is 5. The molecule has 6 heteroatoms. The van der Waals surface area contributed by atoms with E-state index in [1.165, 1.54) is 0 Å². The van der Waals surface area contributed by atoms with Crippen LogP contribution < -0.4 is 0 Å². The van der Waals surface area contributed by atoms with E-state index >= 15 is 0 Å². The highest BCUT2D eigenvalue weighted by Gasteiger charge is 2.14. The minimum absolute atomic E-state index is 0.0685. The lowest BCUT2D eigenvalue weighted by atomic mass is 10.4. The van der Waals surface area contributed by atoms with Gasteiger partial charge in [-0.25, -0.2) is 0 Å². The summed E-state index contributed by atoms with van der Waals surface area (Å²) < 4.78 is 33.7. The molecule has 0 aliphatic heterocycles. The quantitative estimate of drug-likeness (QED) is 0.590. The standard InChI is InChI=1S/C6H14O5S/c1-5(2)11-3-6(7)4-12(8,9)10/h5-7H,3-4H2,1-2H3,(H,8,9,10). The van der Waals surface area contributed by atoms with E-state index in [0.29, 0.717) is 0 Å². The Morgan fingerprint density at radius 3 is 2.25 bits per heavy atom. The lowest BCUT2D eigenvalue weighted by Gasteiger charge is -2.11. The summed E-state index contributed by atoms with van der Waals surface area (Å²) >= 11 is 0. The minimum atomic E-state index is -4.10. The van der Waals surface area contributed by atoms with Gasteiger partial charge in [-0.1, -0.05) is 0 Å². The third-order valence-electron chi connectivity index (χ3n) is 1.02. The van der Waals surface area contributed by atoms with Crippen LogP contribution >= 0.6 is 0 Å². The van der Waals surface area contributed by atoms with Crippen LogP contribution in [0.1, 0.15) is 13.8 Å². The minimum Gasteiger partial charge on any atom is -0.390 e. The summed E-state index contributed by atoms with van der Waals surface area (Å²) in [6.07, 6.45) is -1.23. The van der Waals surface area contributed by atoms with Crippen LogP contribution in [-0.2, 0) is 14.9 Å². The third kappa shape index (κ3) is 7.93. The molecule has 0 heterocycles. The summed E-state index contributed by atoms with van der Waals surface area (Å²) in [7, 11) is -4.10. The molecule has 12 heavy (non-hydrogen) atoms. The fourth-order valence-electron chi connectivity index (χ4n) is 0.595. The van der Waals surface area contributed by atoms with Crippen molar-refractivity contribution in [3.63, 3.8) is 0 Å². The van der Waals surface area contributed by atoms with Gasteiger partial charge in [0.15, 0.2) is 0 Å². The van der Waals surface area contributed by atoms with Crippen LogP contribution in [0.25, 0.3) is 0 Å². The molecule has 0 spiro atoms. The molecule has 0 bridgehead atoms. The molecule has 0 aliphatic rings. The second-order valence-electron chi connectivity index (χ2n) is 2.78. The summed E-state index contributed by atoms with van der Waals surface area (Å²) in [6.45, 7) is 3.44. The fraction of sp³-hybridized carbons (Fsp3) is 1.00. The molecule has 0 rings (SSSR count). The Bertz CT molecular complexity index is 208. The largest absolute Gasteiger partial charge is 0.390 e. The molecule has 0 radical (unpaired) electrons. The van der Waals surface area contributed by atoms with Gasteiger partial charge >= 0.3 is 0 Å². The zero-order chi connectivity index (χ0) is 9.78. The van der Waals surface area contributed by atoms with Crippen LogP contribution in [0.3, 0.4) is 0 Å². The molecule has 0 saturated heterocycles. The van der Waals surface area contributed by atoms with Gasteiger partial charge in [0, 0.05) is 0 Å². The van der Waals surface area contributed by atoms with E-state index in [1.807, 2.05) is 0 Å². The predicted molar refractivity (Wildman–Crippen MR) is 43.5 cm³/mol. The van der Waals surface area contributed by atoms with Gasteiger partial charge in [-0.3, -0.25) is 4.55 Å². The Morgan fingerprint density at radius 1 is 1.42 bits per heavy atom. The molecule has 1 unspecified atom stereocenters. The molecule has 0 aliphatic carbocycles. The number of hydrogen-bond acceptors (Lipinski definition) is 4. The molecule has 0 aromatic heterocycles. The molecule has 0 amide bonds. The molecular formula is C6H14O5S. The van der Waals surface area contributed by atoms with Gasteiger partial charge in [0.1, 0.15) is 5.75 Å². The van der Waals surface area contributed by atoms with Gasteiger partial charge in [0.2, 0.25) is 0 Å². The zero-order valence-corrected chi connectivity index (χ0v) is 7.91. The first-order valence-corrected chi connectivity index (χ1v) is 5.17. The Hall–Kier alpha value is -0.170. The smallest absolute Gasteiger partial charge is 0.267 e. The van der Waals surface area contributed by atoms with Crippen molar-refractivity contribution in [2.24, 2.45) is 0 Å². The molecule has 0 aromatic carbocycles. The first-order valence-electron chi connectivity index (χ1n) is 3.56. The van der Waals surface area contributed by atoms with Crippen LogP contribution in [0.4, 0.5) is 0 Å². The Labute approximate surface area is 72.1 Å². The second kappa shape index (κ2) is 4.76. The monoisotopic (exact) mass is 198 g/mol. The summed E-state index contributed by atoms with van der Waals surface area (Å²) in [4.78, 5) is 0. The van der Waals surface area contributed by atoms with Crippen molar-refractivity contribution in [3.05, 3.63) is 0 Å². The number of hydrogen-bond donors (Lipinski definition) is 2. The van der Waals surface area contributed by atoms with Crippen LogP contribution in [-0.4, -0.2) is 42.6 Å². The first-order chi connectivity index (χ1) is 5.31. The van der Waals surface area contributed by atoms with E-state index in [9.17, 15) is 8.42 Å². The Balaban J connectivity index is 3.68. The maximum atomic E-state index is 10.2. The van der Waals surface area contributed by atoms with E-state index in [1.54, 1.807) is 13.8 Å². The van der Waals surface area contributed by atoms with Gasteiger partial charge < -0.3 is 9.84 Å². The van der Waals surface area contributed by atoms with E-state index in [2.05, 4.69) is 0 Å². The molecule has 1 atom stereocenters. The van der Waals surface area contributed by atoms with Crippen molar-refractivity contribution in [1.29, 1.82) is 0 Å². The first kappa shape index (κ1) is 11.8. The number of ether oxygens (including phenoxy) is 1.